The Morgan fingerprint density at radius 3 is 2.53 bits per heavy atom. The molecule has 1 aromatic rings. The summed E-state index contributed by atoms with van der Waals surface area (Å²) in [5.74, 6) is 0. The summed E-state index contributed by atoms with van der Waals surface area (Å²) in [6.45, 7) is 3.61. The summed E-state index contributed by atoms with van der Waals surface area (Å²) in [5.41, 5.74) is 4.77. The van der Waals surface area contributed by atoms with Crippen LogP contribution < -0.4 is 10.5 Å². The van der Waals surface area contributed by atoms with Crippen molar-refractivity contribution >= 4 is 37.6 Å². The van der Waals surface area contributed by atoms with E-state index in [-0.39, 0.29) is 16.5 Å². The lowest BCUT2D eigenvalue weighted by Gasteiger charge is -2.24. The van der Waals surface area contributed by atoms with E-state index in [9.17, 15) is 8.42 Å². The maximum absolute atomic E-state index is 12.1. The van der Waals surface area contributed by atoms with E-state index < -0.39 is 15.6 Å². The van der Waals surface area contributed by atoms with Crippen molar-refractivity contribution in [3.63, 3.8) is 0 Å². The van der Waals surface area contributed by atoms with Crippen molar-refractivity contribution in [2.24, 2.45) is 5.73 Å². The van der Waals surface area contributed by atoms with Gasteiger partial charge >= 0.3 is 0 Å². The van der Waals surface area contributed by atoms with Crippen LogP contribution in [-0.4, -0.2) is 20.5 Å². The van der Waals surface area contributed by atoms with Crippen LogP contribution >= 0.6 is 27.5 Å². The monoisotopic (exact) mass is 340 g/mol. The van der Waals surface area contributed by atoms with Gasteiger partial charge in [-0.05, 0) is 32.0 Å². The number of halogens is 2. The predicted octanol–water partition coefficient (Wildman–Crippen LogP) is 2.12. The minimum absolute atomic E-state index is 0.0453. The standard InChI is InChI=1S/C10H14BrClN2O2S/c1-10(2,6-13)14-17(15,16)9-4-3-7(11)5-8(9)12/h3-5,14H,6,13H2,1-2H3. The van der Waals surface area contributed by atoms with Gasteiger partial charge in [-0.1, -0.05) is 27.5 Å². The molecule has 0 unspecified atom stereocenters. The second-order valence-electron chi connectivity index (χ2n) is 4.27. The predicted molar refractivity (Wildman–Crippen MR) is 72.6 cm³/mol. The Bertz CT molecular complexity index is 517. The molecule has 0 radical (unpaired) electrons. The number of benzene rings is 1. The maximum atomic E-state index is 12.1. The Labute approximate surface area is 115 Å². The summed E-state index contributed by atoms with van der Waals surface area (Å²) in [7, 11) is -3.66. The van der Waals surface area contributed by atoms with Crippen LogP contribution in [0.1, 0.15) is 13.8 Å². The first-order chi connectivity index (χ1) is 7.68. The van der Waals surface area contributed by atoms with Gasteiger partial charge in [-0.25, -0.2) is 13.1 Å². The van der Waals surface area contributed by atoms with Crippen LogP contribution in [0.5, 0.6) is 0 Å². The number of nitrogens with two attached hydrogens (primary N) is 1. The molecule has 0 heterocycles. The van der Waals surface area contributed by atoms with Crippen molar-refractivity contribution in [2.75, 3.05) is 6.54 Å². The zero-order valence-electron chi connectivity index (χ0n) is 9.50. The second-order valence-corrected chi connectivity index (χ2v) is 7.24. The van der Waals surface area contributed by atoms with Crippen LogP contribution in [0.2, 0.25) is 5.02 Å². The van der Waals surface area contributed by atoms with E-state index in [0.717, 1.165) is 4.47 Å². The van der Waals surface area contributed by atoms with Crippen molar-refractivity contribution < 1.29 is 8.42 Å². The Kier molecular flexibility index (Phi) is 4.60. The fourth-order valence-corrected chi connectivity index (χ4v) is 3.62. The molecule has 0 aliphatic carbocycles. The van der Waals surface area contributed by atoms with Gasteiger partial charge < -0.3 is 5.73 Å². The SMILES string of the molecule is CC(C)(CN)NS(=O)(=O)c1ccc(Br)cc1Cl. The first-order valence-electron chi connectivity index (χ1n) is 4.87. The highest BCUT2D eigenvalue weighted by Gasteiger charge is 2.26. The van der Waals surface area contributed by atoms with Crippen LogP contribution in [0, 0.1) is 0 Å². The molecule has 0 spiro atoms. The van der Waals surface area contributed by atoms with Crippen LogP contribution in [0.25, 0.3) is 0 Å². The van der Waals surface area contributed by atoms with E-state index in [2.05, 4.69) is 20.7 Å². The van der Waals surface area contributed by atoms with E-state index in [4.69, 9.17) is 17.3 Å². The Morgan fingerprint density at radius 1 is 1.47 bits per heavy atom. The minimum Gasteiger partial charge on any atom is -0.329 e. The van der Waals surface area contributed by atoms with E-state index >= 15 is 0 Å². The lowest BCUT2D eigenvalue weighted by Crippen LogP contribution is -2.48. The molecule has 0 saturated heterocycles. The molecular weight excluding hydrogens is 328 g/mol. The van der Waals surface area contributed by atoms with Crippen molar-refractivity contribution in [1.29, 1.82) is 0 Å². The van der Waals surface area contributed by atoms with E-state index in [1.54, 1.807) is 19.9 Å². The molecule has 0 aliphatic rings. The first-order valence-corrected chi connectivity index (χ1v) is 7.52. The van der Waals surface area contributed by atoms with Crippen LogP contribution in [0.3, 0.4) is 0 Å². The molecule has 0 atom stereocenters. The molecule has 3 N–H and O–H groups in total. The molecule has 0 fully saturated rings. The third-order valence-corrected chi connectivity index (χ3v) is 4.78. The summed E-state index contributed by atoms with van der Waals surface area (Å²) < 4.78 is 27.4. The Hall–Kier alpha value is -0.140. The van der Waals surface area contributed by atoms with Crippen molar-refractivity contribution in [1.82, 2.24) is 4.72 Å². The third kappa shape index (κ3) is 3.93. The maximum Gasteiger partial charge on any atom is 0.242 e. The lowest BCUT2D eigenvalue weighted by molar-refractivity contribution is 0.462. The van der Waals surface area contributed by atoms with Gasteiger partial charge in [-0.2, -0.15) is 0 Å². The van der Waals surface area contributed by atoms with Gasteiger partial charge in [0.25, 0.3) is 0 Å². The minimum atomic E-state index is -3.66. The number of rotatable bonds is 4. The molecular formula is C10H14BrClN2O2S. The fraction of sp³-hybridized carbons (Fsp3) is 0.400. The highest BCUT2D eigenvalue weighted by molar-refractivity contribution is 9.10. The molecule has 0 aliphatic heterocycles. The average Bonchev–Trinajstić information content (AvgIpc) is 2.15. The molecule has 96 valence electrons. The summed E-state index contributed by atoms with van der Waals surface area (Å²) in [6, 6.07) is 4.60. The normalized spacial score (nSPS) is 12.8. The van der Waals surface area contributed by atoms with Crippen molar-refractivity contribution in [2.45, 2.75) is 24.3 Å². The molecule has 0 amide bonds. The number of hydrogen-bond donors (Lipinski definition) is 2. The first kappa shape index (κ1) is 14.9. The lowest BCUT2D eigenvalue weighted by atomic mass is 10.1. The van der Waals surface area contributed by atoms with Gasteiger partial charge in [-0.3, -0.25) is 0 Å². The second kappa shape index (κ2) is 5.24. The molecule has 1 aromatic carbocycles. The zero-order chi connectivity index (χ0) is 13.3. The summed E-state index contributed by atoms with van der Waals surface area (Å²) in [5, 5.41) is 0.166. The van der Waals surface area contributed by atoms with Gasteiger partial charge in [0.1, 0.15) is 4.90 Å². The quantitative estimate of drug-likeness (QED) is 0.881. The summed E-state index contributed by atoms with van der Waals surface area (Å²) in [4.78, 5) is 0.0453. The average molecular weight is 342 g/mol. The van der Waals surface area contributed by atoms with Gasteiger partial charge in [0.15, 0.2) is 0 Å². The summed E-state index contributed by atoms with van der Waals surface area (Å²) in [6.07, 6.45) is 0. The number of nitrogens with one attached hydrogen (secondary N) is 1. The molecule has 0 aromatic heterocycles. The molecule has 0 bridgehead atoms. The Morgan fingerprint density at radius 2 is 2.06 bits per heavy atom. The third-order valence-electron chi connectivity index (χ3n) is 2.10. The van der Waals surface area contributed by atoms with Crippen molar-refractivity contribution in [3.05, 3.63) is 27.7 Å². The Balaban J connectivity index is 3.14. The number of hydrogen-bond acceptors (Lipinski definition) is 3. The smallest absolute Gasteiger partial charge is 0.242 e. The van der Waals surface area contributed by atoms with E-state index in [1.165, 1.54) is 12.1 Å². The van der Waals surface area contributed by atoms with Gasteiger partial charge in [-0.15, -0.1) is 0 Å². The van der Waals surface area contributed by atoms with Crippen LogP contribution in [0.4, 0.5) is 0 Å². The van der Waals surface area contributed by atoms with E-state index in [1.807, 2.05) is 0 Å². The van der Waals surface area contributed by atoms with Gasteiger partial charge in [0, 0.05) is 16.6 Å². The number of sulfonamides is 1. The fourth-order valence-electron chi connectivity index (χ4n) is 1.15. The van der Waals surface area contributed by atoms with E-state index in [0.29, 0.717) is 0 Å². The topological polar surface area (TPSA) is 72.2 Å². The molecule has 1 rings (SSSR count). The zero-order valence-corrected chi connectivity index (χ0v) is 12.7. The van der Waals surface area contributed by atoms with Crippen LogP contribution in [-0.2, 0) is 10.0 Å². The highest BCUT2D eigenvalue weighted by atomic mass is 79.9. The summed E-state index contributed by atoms with van der Waals surface area (Å²) >= 11 is 9.12. The largest absolute Gasteiger partial charge is 0.329 e. The highest BCUT2D eigenvalue weighted by Crippen LogP contribution is 2.25. The molecule has 4 nitrogen and oxygen atoms in total. The molecule has 7 heteroatoms. The van der Waals surface area contributed by atoms with Gasteiger partial charge in [0.05, 0.1) is 5.02 Å². The van der Waals surface area contributed by atoms with Gasteiger partial charge in [0.2, 0.25) is 10.0 Å². The van der Waals surface area contributed by atoms with Crippen molar-refractivity contribution in [3.8, 4) is 0 Å². The molecule has 17 heavy (non-hydrogen) atoms. The molecule has 0 saturated carbocycles. The van der Waals surface area contributed by atoms with Crippen LogP contribution in [0.15, 0.2) is 27.6 Å².